The molecule has 0 radical (unpaired) electrons. The summed E-state index contributed by atoms with van der Waals surface area (Å²) >= 11 is 0. The normalized spacial score (nSPS) is 11.0. The van der Waals surface area contributed by atoms with Gasteiger partial charge in [-0.3, -0.25) is 19.9 Å². The van der Waals surface area contributed by atoms with Gasteiger partial charge in [0.05, 0.1) is 58.8 Å². The summed E-state index contributed by atoms with van der Waals surface area (Å²) in [6, 6.07) is 8.10. The van der Waals surface area contributed by atoms with E-state index in [1.54, 1.807) is 0 Å². The largest absolute Gasteiger partial charge is 0.487 e. The molecule has 0 atom stereocenters. The van der Waals surface area contributed by atoms with E-state index in [9.17, 15) is 0 Å². The van der Waals surface area contributed by atoms with Gasteiger partial charge in [0.15, 0.2) is 0 Å². The highest BCUT2D eigenvalue weighted by molar-refractivity contribution is 5.28. The molecule has 3 rings (SSSR count). The lowest BCUT2D eigenvalue weighted by Gasteiger charge is -2.11. The first-order valence-corrected chi connectivity index (χ1v) is 10.2. The maximum absolute atomic E-state index is 5.89. The molecule has 0 saturated heterocycles. The van der Waals surface area contributed by atoms with E-state index in [1.165, 1.54) is 5.56 Å². The molecule has 2 aromatic heterocycles. The van der Waals surface area contributed by atoms with Gasteiger partial charge in [-0.2, -0.15) is 0 Å². The average Bonchev–Trinajstić information content (AvgIpc) is 2.71. The van der Waals surface area contributed by atoms with Crippen LogP contribution in [0.15, 0.2) is 24.3 Å². The van der Waals surface area contributed by atoms with Crippen LogP contribution < -0.4 is 4.74 Å². The Morgan fingerprint density at radius 1 is 0.600 bits per heavy atom. The maximum atomic E-state index is 5.89. The van der Waals surface area contributed by atoms with Crippen molar-refractivity contribution in [1.82, 2.24) is 19.9 Å². The van der Waals surface area contributed by atoms with Crippen molar-refractivity contribution in [3.63, 3.8) is 0 Å². The molecule has 0 aliphatic rings. The zero-order chi connectivity index (χ0) is 21.7. The second-order valence-electron chi connectivity index (χ2n) is 7.59. The van der Waals surface area contributed by atoms with Gasteiger partial charge in [0, 0.05) is 0 Å². The molecule has 158 valence electrons. The smallest absolute Gasteiger partial charge is 0.132 e. The highest BCUT2D eigenvalue weighted by Gasteiger charge is 2.07. The summed E-state index contributed by atoms with van der Waals surface area (Å²) in [7, 11) is 0. The third-order valence-corrected chi connectivity index (χ3v) is 5.23. The first-order valence-electron chi connectivity index (χ1n) is 10.2. The summed E-state index contributed by atoms with van der Waals surface area (Å²) in [5.41, 5.74) is 8.66. The SMILES string of the molecule is Cc1nc(C)c(COCCc2ccc(OCc3nc(C)c(C)nc3C)cc2)nc1C. The van der Waals surface area contributed by atoms with E-state index >= 15 is 0 Å². The van der Waals surface area contributed by atoms with Crippen LogP contribution in [-0.2, 0) is 24.4 Å². The molecule has 0 saturated carbocycles. The highest BCUT2D eigenvalue weighted by atomic mass is 16.5. The Bertz CT molecular complexity index is 1020. The van der Waals surface area contributed by atoms with Gasteiger partial charge in [-0.15, -0.1) is 0 Å². The van der Waals surface area contributed by atoms with Gasteiger partial charge in [-0.1, -0.05) is 12.1 Å². The molecule has 6 nitrogen and oxygen atoms in total. The van der Waals surface area contributed by atoms with E-state index < -0.39 is 0 Å². The number of rotatable bonds is 8. The minimum absolute atomic E-state index is 0.415. The second kappa shape index (κ2) is 9.76. The summed E-state index contributed by atoms with van der Waals surface area (Å²) < 4.78 is 11.7. The Kier molecular flexibility index (Phi) is 7.11. The monoisotopic (exact) mass is 406 g/mol. The highest BCUT2D eigenvalue weighted by Crippen LogP contribution is 2.16. The summed E-state index contributed by atoms with van der Waals surface area (Å²) in [5.74, 6) is 0.820. The molecule has 1 aromatic carbocycles. The van der Waals surface area contributed by atoms with Gasteiger partial charge in [0.25, 0.3) is 0 Å². The molecule has 3 aromatic rings. The predicted octanol–water partition coefficient (Wildman–Crippen LogP) is 4.46. The molecule has 0 aliphatic carbocycles. The van der Waals surface area contributed by atoms with E-state index in [0.29, 0.717) is 19.8 Å². The fourth-order valence-corrected chi connectivity index (χ4v) is 3.06. The number of ether oxygens (including phenoxy) is 2. The van der Waals surface area contributed by atoms with Crippen LogP contribution in [0, 0.1) is 41.5 Å². The van der Waals surface area contributed by atoms with Crippen LogP contribution >= 0.6 is 0 Å². The molecular weight excluding hydrogens is 376 g/mol. The van der Waals surface area contributed by atoms with Crippen molar-refractivity contribution in [3.05, 3.63) is 75.4 Å². The second-order valence-corrected chi connectivity index (χ2v) is 7.59. The quantitative estimate of drug-likeness (QED) is 0.515. The average molecular weight is 407 g/mol. The molecule has 0 unspecified atom stereocenters. The summed E-state index contributed by atoms with van der Waals surface area (Å²) in [6.45, 7) is 13.4. The van der Waals surface area contributed by atoms with Crippen LogP contribution in [0.3, 0.4) is 0 Å². The Balaban J connectivity index is 1.47. The van der Waals surface area contributed by atoms with Gasteiger partial charge in [0.1, 0.15) is 12.4 Å². The minimum Gasteiger partial charge on any atom is -0.487 e. The lowest BCUT2D eigenvalue weighted by Crippen LogP contribution is -2.07. The topological polar surface area (TPSA) is 70.0 Å². The van der Waals surface area contributed by atoms with Crippen molar-refractivity contribution in [3.8, 4) is 5.75 Å². The number of hydrogen-bond donors (Lipinski definition) is 0. The number of aryl methyl sites for hydroxylation is 6. The van der Waals surface area contributed by atoms with Gasteiger partial charge >= 0.3 is 0 Å². The van der Waals surface area contributed by atoms with Crippen LogP contribution in [0.1, 0.15) is 51.1 Å². The summed E-state index contributed by atoms with van der Waals surface area (Å²) in [5, 5.41) is 0. The van der Waals surface area contributed by atoms with Crippen molar-refractivity contribution in [2.24, 2.45) is 0 Å². The van der Waals surface area contributed by atoms with Crippen molar-refractivity contribution < 1.29 is 9.47 Å². The first-order chi connectivity index (χ1) is 14.3. The summed E-state index contributed by atoms with van der Waals surface area (Å²) in [4.78, 5) is 18.2. The van der Waals surface area contributed by atoms with E-state index in [-0.39, 0.29) is 0 Å². The molecule has 30 heavy (non-hydrogen) atoms. The van der Waals surface area contributed by atoms with Crippen molar-refractivity contribution >= 4 is 0 Å². The molecule has 0 spiro atoms. The molecule has 0 N–H and O–H groups in total. The van der Waals surface area contributed by atoms with Crippen molar-refractivity contribution in [2.45, 2.75) is 61.2 Å². The zero-order valence-electron chi connectivity index (χ0n) is 18.7. The fourth-order valence-electron chi connectivity index (χ4n) is 3.06. The van der Waals surface area contributed by atoms with Crippen LogP contribution in [0.25, 0.3) is 0 Å². The number of nitrogens with zero attached hydrogens (tertiary/aromatic N) is 4. The Morgan fingerprint density at radius 2 is 1.10 bits per heavy atom. The summed E-state index contributed by atoms with van der Waals surface area (Å²) in [6.07, 6.45) is 0.833. The standard InChI is InChI=1S/C24H30N4O2/c1-15-17(3)27-23(19(5)25-15)13-29-12-11-21-7-9-22(10-8-21)30-14-24-20(6)26-16(2)18(4)28-24/h7-10H,11-14H2,1-6H3. The van der Waals surface area contributed by atoms with Gasteiger partial charge in [-0.05, 0) is 65.7 Å². The first kappa shape index (κ1) is 21.8. The van der Waals surface area contributed by atoms with Crippen molar-refractivity contribution in [2.75, 3.05) is 6.61 Å². The van der Waals surface area contributed by atoms with Crippen LogP contribution in [0.5, 0.6) is 5.75 Å². The van der Waals surface area contributed by atoms with Gasteiger partial charge < -0.3 is 9.47 Å². The molecule has 2 heterocycles. The van der Waals surface area contributed by atoms with Crippen LogP contribution in [0.4, 0.5) is 0 Å². The minimum atomic E-state index is 0.415. The molecular formula is C24H30N4O2. The van der Waals surface area contributed by atoms with E-state index in [0.717, 1.165) is 57.7 Å². The van der Waals surface area contributed by atoms with E-state index in [2.05, 4.69) is 32.1 Å². The fraction of sp³-hybridized carbons (Fsp3) is 0.417. The van der Waals surface area contributed by atoms with Gasteiger partial charge in [-0.25, -0.2) is 0 Å². The number of hydrogen-bond acceptors (Lipinski definition) is 6. The Morgan fingerprint density at radius 3 is 1.67 bits per heavy atom. The lowest BCUT2D eigenvalue weighted by molar-refractivity contribution is 0.120. The number of aromatic nitrogens is 4. The maximum Gasteiger partial charge on any atom is 0.132 e. The van der Waals surface area contributed by atoms with Crippen LogP contribution in [0.2, 0.25) is 0 Å². The Labute approximate surface area is 178 Å². The molecule has 0 amide bonds. The Hall–Kier alpha value is -2.86. The third-order valence-electron chi connectivity index (χ3n) is 5.23. The van der Waals surface area contributed by atoms with E-state index in [1.807, 2.05) is 53.7 Å². The van der Waals surface area contributed by atoms with Gasteiger partial charge in [0.2, 0.25) is 0 Å². The third kappa shape index (κ3) is 5.60. The predicted molar refractivity (Wildman–Crippen MR) is 117 cm³/mol. The molecule has 6 heteroatoms. The molecule has 0 aliphatic heterocycles. The van der Waals surface area contributed by atoms with Crippen LogP contribution in [-0.4, -0.2) is 26.5 Å². The number of benzene rings is 1. The zero-order valence-corrected chi connectivity index (χ0v) is 18.7. The van der Waals surface area contributed by atoms with E-state index in [4.69, 9.17) is 9.47 Å². The van der Waals surface area contributed by atoms with Crippen molar-refractivity contribution in [1.29, 1.82) is 0 Å². The molecule has 0 fully saturated rings. The molecule has 0 bridgehead atoms. The lowest BCUT2D eigenvalue weighted by atomic mass is 10.1.